The van der Waals surface area contributed by atoms with Crippen molar-refractivity contribution in [2.24, 2.45) is 5.73 Å². The zero-order chi connectivity index (χ0) is 16.6. The van der Waals surface area contributed by atoms with Crippen molar-refractivity contribution in [3.8, 4) is 10.6 Å². The van der Waals surface area contributed by atoms with Crippen molar-refractivity contribution in [3.63, 3.8) is 0 Å². The Bertz CT molecular complexity index is 1020. The lowest BCUT2D eigenvalue weighted by Gasteiger charge is -2.03. The summed E-state index contributed by atoms with van der Waals surface area (Å²) in [6, 6.07) is 8.45. The molecule has 118 valence electrons. The van der Waals surface area contributed by atoms with Crippen LogP contribution in [0.25, 0.3) is 21.5 Å². The Morgan fingerprint density at radius 1 is 1.22 bits per heavy atom. The topological polar surface area (TPSA) is 112 Å². The molecule has 0 unspecified atom stereocenters. The van der Waals surface area contributed by atoms with Gasteiger partial charge in [-0.3, -0.25) is 0 Å². The van der Waals surface area contributed by atoms with E-state index in [4.69, 9.17) is 5.73 Å². The maximum absolute atomic E-state index is 11.9. The Balaban J connectivity index is 2.11. The van der Waals surface area contributed by atoms with Gasteiger partial charge in [-0.1, -0.05) is 15.9 Å². The van der Waals surface area contributed by atoms with E-state index in [9.17, 15) is 13.2 Å². The number of rotatable bonds is 3. The fraction of sp³-hybridized carbons (Fsp3) is 0. The van der Waals surface area contributed by atoms with Crippen LogP contribution in [-0.2, 0) is 14.3 Å². The molecule has 0 bridgehead atoms. The molecule has 0 aliphatic heterocycles. The van der Waals surface area contributed by atoms with Gasteiger partial charge in [0.25, 0.3) is 0 Å². The van der Waals surface area contributed by atoms with Gasteiger partial charge in [0.2, 0.25) is 0 Å². The summed E-state index contributed by atoms with van der Waals surface area (Å²) in [5.74, 6) is 0. The molecule has 10 heteroatoms. The van der Waals surface area contributed by atoms with Crippen LogP contribution >= 0.6 is 27.3 Å². The lowest BCUT2D eigenvalue weighted by atomic mass is 10.1. The monoisotopic (exact) mass is 413 g/mol. The third kappa shape index (κ3) is 3.19. The number of carbonyl (C=O) groups is 1. The number of carbonyl (C=O) groups excluding carboxylic acids is 1. The van der Waals surface area contributed by atoms with E-state index in [1.165, 1.54) is 12.4 Å². The molecular formula is C13H8BrN3O4S2. The highest BCUT2D eigenvalue weighted by Crippen LogP contribution is 2.34. The van der Waals surface area contributed by atoms with Gasteiger partial charge in [-0.25, -0.2) is 14.8 Å². The Labute approximate surface area is 143 Å². The molecule has 23 heavy (non-hydrogen) atoms. The second-order valence-electron chi connectivity index (χ2n) is 4.36. The van der Waals surface area contributed by atoms with E-state index >= 15 is 0 Å². The first-order valence-electron chi connectivity index (χ1n) is 6.11. The molecule has 2 aromatic heterocycles. The van der Waals surface area contributed by atoms with Crippen molar-refractivity contribution in [2.45, 2.75) is 4.21 Å². The van der Waals surface area contributed by atoms with Crippen molar-refractivity contribution >= 4 is 54.4 Å². The van der Waals surface area contributed by atoms with E-state index in [0.717, 1.165) is 26.7 Å². The quantitative estimate of drug-likeness (QED) is 0.660. The average Bonchev–Trinajstić information content (AvgIpc) is 2.95. The number of aromatic nitrogens is 2. The summed E-state index contributed by atoms with van der Waals surface area (Å²) < 4.78 is 28.6. The fourth-order valence-electron chi connectivity index (χ4n) is 1.96. The summed E-state index contributed by atoms with van der Waals surface area (Å²) in [5, 5.41) is 0.767. The summed E-state index contributed by atoms with van der Waals surface area (Å²) >= 11 is 4.31. The van der Waals surface area contributed by atoms with Crippen molar-refractivity contribution in [1.29, 1.82) is 0 Å². The standard InChI is InChI=1S/C13H8BrN3O4S2/c14-7-1-2-9-8(5-7)12(17-6-16-9)10-3-4-11(22-10)23(19,20)21-13(15)18/h1-6H,(H2,15,18). The molecule has 0 saturated carbocycles. The number of nitrogens with two attached hydrogens (primary N) is 1. The van der Waals surface area contributed by atoms with E-state index in [-0.39, 0.29) is 4.21 Å². The predicted molar refractivity (Wildman–Crippen MR) is 88.4 cm³/mol. The summed E-state index contributed by atoms with van der Waals surface area (Å²) in [4.78, 5) is 19.7. The van der Waals surface area contributed by atoms with Crippen LogP contribution in [0.4, 0.5) is 4.79 Å². The van der Waals surface area contributed by atoms with Crippen molar-refractivity contribution < 1.29 is 17.4 Å². The van der Waals surface area contributed by atoms with Gasteiger partial charge in [-0.05, 0) is 30.3 Å². The highest BCUT2D eigenvalue weighted by molar-refractivity contribution is 9.10. The number of hydrogen-bond donors (Lipinski definition) is 1. The second-order valence-corrected chi connectivity index (χ2v) is 8.13. The summed E-state index contributed by atoms with van der Waals surface area (Å²) in [7, 11) is -4.22. The Morgan fingerprint density at radius 2 is 2.00 bits per heavy atom. The molecule has 2 N–H and O–H groups in total. The van der Waals surface area contributed by atoms with Crippen LogP contribution in [-0.4, -0.2) is 24.5 Å². The minimum atomic E-state index is -4.22. The fourth-order valence-corrected chi connectivity index (χ4v) is 4.38. The van der Waals surface area contributed by atoms with Crippen molar-refractivity contribution in [1.82, 2.24) is 9.97 Å². The molecule has 3 rings (SSSR count). The summed E-state index contributed by atoms with van der Waals surface area (Å²) in [5.41, 5.74) is 6.07. The van der Waals surface area contributed by atoms with Crippen molar-refractivity contribution in [2.75, 3.05) is 0 Å². The predicted octanol–water partition coefficient (Wildman–Crippen LogP) is 2.90. The number of fused-ring (bicyclic) bond motifs is 1. The molecule has 0 aliphatic rings. The second kappa shape index (κ2) is 5.87. The third-order valence-corrected chi connectivity index (χ3v) is 6.11. The molecule has 3 aromatic rings. The molecule has 0 atom stereocenters. The van der Waals surface area contributed by atoms with Crippen LogP contribution in [0.3, 0.4) is 0 Å². The number of benzene rings is 1. The largest absolute Gasteiger partial charge is 0.420 e. The first-order chi connectivity index (χ1) is 10.9. The highest BCUT2D eigenvalue weighted by atomic mass is 79.9. The Hall–Kier alpha value is -2.04. The molecule has 0 fully saturated rings. The van der Waals surface area contributed by atoms with Gasteiger partial charge in [0, 0.05) is 9.86 Å². The molecule has 0 radical (unpaired) electrons. The number of primary amides is 1. The van der Waals surface area contributed by atoms with Crippen molar-refractivity contribution in [3.05, 3.63) is 41.1 Å². The summed E-state index contributed by atoms with van der Waals surface area (Å²) in [6.07, 6.45) is 0.0238. The summed E-state index contributed by atoms with van der Waals surface area (Å²) in [6.45, 7) is 0. The molecule has 0 spiro atoms. The van der Waals surface area contributed by atoms with E-state index in [2.05, 4.69) is 30.1 Å². The number of hydrogen-bond acceptors (Lipinski definition) is 7. The van der Waals surface area contributed by atoms with Gasteiger partial charge in [0.05, 0.1) is 16.1 Å². The van der Waals surface area contributed by atoms with E-state index in [0.29, 0.717) is 10.6 Å². The van der Waals surface area contributed by atoms with Crippen LogP contribution in [0.15, 0.2) is 45.3 Å². The Kier molecular flexibility index (Phi) is 4.04. The average molecular weight is 414 g/mol. The smallest absolute Gasteiger partial charge is 0.334 e. The lowest BCUT2D eigenvalue weighted by Crippen LogP contribution is -2.18. The number of halogens is 1. The van der Waals surface area contributed by atoms with Crippen LogP contribution in [0, 0.1) is 0 Å². The van der Waals surface area contributed by atoms with E-state index in [1.807, 2.05) is 18.2 Å². The molecule has 1 aromatic carbocycles. The van der Waals surface area contributed by atoms with Gasteiger partial charge in [0.1, 0.15) is 6.33 Å². The number of amides is 1. The first kappa shape index (κ1) is 15.8. The normalized spacial score (nSPS) is 11.5. The zero-order valence-corrected chi connectivity index (χ0v) is 14.5. The van der Waals surface area contributed by atoms with E-state index < -0.39 is 16.2 Å². The minimum absolute atomic E-state index is 0.131. The minimum Gasteiger partial charge on any atom is -0.334 e. The maximum Gasteiger partial charge on any atom is 0.420 e. The first-order valence-corrected chi connectivity index (χ1v) is 9.13. The molecular weight excluding hydrogens is 406 g/mol. The number of nitrogens with zero attached hydrogens (tertiary/aromatic N) is 2. The van der Waals surface area contributed by atoms with Gasteiger partial charge in [-0.15, -0.1) is 11.3 Å². The highest BCUT2D eigenvalue weighted by Gasteiger charge is 2.22. The molecule has 0 aliphatic carbocycles. The third-order valence-electron chi connectivity index (χ3n) is 2.85. The number of thiophene rings is 1. The van der Waals surface area contributed by atoms with Crippen LogP contribution in [0.5, 0.6) is 0 Å². The van der Waals surface area contributed by atoms with Crippen LogP contribution in [0.2, 0.25) is 0 Å². The SMILES string of the molecule is NC(=O)OS(=O)(=O)c1ccc(-c2ncnc3ccc(Br)cc23)s1. The van der Waals surface area contributed by atoms with Gasteiger partial charge < -0.3 is 9.92 Å². The molecule has 0 saturated heterocycles. The lowest BCUT2D eigenvalue weighted by molar-refractivity contribution is 0.213. The van der Waals surface area contributed by atoms with Crippen LogP contribution < -0.4 is 5.73 Å². The molecule has 1 amide bonds. The van der Waals surface area contributed by atoms with Crippen LogP contribution in [0.1, 0.15) is 0 Å². The maximum atomic E-state index is 11.9. The molecule has 2 heterocycles. The Morgan fingerprint density at radius 3 is 2.74 bits per heavy atom. The van der Waals surface area contributed by atoms with E-state index in [1.54, 1.807) is 6.07 Å². The molecule has 7 nitrogen and oxygen atoms in total. The van der Waals surface area contributed by atoms with Gasteiger partial charge in [0.15, 0.2) is 4.21 Å². The van der Waals surface area contributed by atoms with Gasteiger partial charge in [-0.2, -0.15) is 8.42 Å². The van der Waals surface area contributed by atoms with Gasteiger partial charge >= 0.3 is 16.2 Å². The zero-order valence-electron chi connectivity index (χ0n) is 11.3.